The van der Waals surface area contributed by atoms with Crippen LogP contribution in [0.3, 0.4) is 0 Å². The minimum absolute atomic E-state index is 0.0881. The zero-order valence-corrected chi connectivity index (χ0v) is 10.7. The SMILES string of the molecule is C=C1CCCN(Cc2nncs2)C(=O)C1NC. The summed E-state index contributed by atoms with van der Waals surface area (Å²) in [5, 5.41) is 11.7. The Bertz CT molecular complexity index is 404. The fourth-order valence-corrected chi connectivity index (χ4v) is 2.56. The molecule has 92 valence electrons. The van der Waals surface area contributed by atoms with E-state index in [0.717, 1.165) is 30.0 Å². The number of carbonyl (C=O) groups is 1. The molecule has 1 unspecified atom stereocenters. The summed E-state index contributed by atoms with van der Waals surface area (Å²) in [7, 11) is 1.79. The number of nitrogens with zero attached hydrogens (tertiary/aromatic N) is 3. The fraction of sp³-hybridized carbons (Fsp3) is 0.545. The van der Waals surface area contributed by atoms with Crippen molar-refractivity contribution >= 4 is 17.2 Å². The molecule has 0 bridgehead atoms. The molecule has 1 aromatic heterocycles. The zero-order chi connectivity index (χ0) is 12.3. The molecule has 0 aliphatic carbocycles. The second-order valence-corrected chi connectivity index (χ2v) is 4.99. The second kappa shape index (κ2) is 5.37. The normalized spacial score (nSPS) is 21.7. The third-order valence-corrected chi connectivity index (χ3v) is 3.60. The summed E-state index contributed by atoms with van der Waals surface area (Å²) in [6, 6.07) is -0.259. The molecule has 1 fully saturated rings. The molecule has 17 heavy (non-hydrogen) atoms. The van der Waals surface area contributed by atoms with Crippen molar-refractivity contribution in [3.63, 3.8) is 0 Å². The van der Waals surface area contributed by atoms with Crippen LogP contribution in [-0.2, 0) is 11.3 Å². The topological polar surface area (TPSA) is 58.1 Å². The van der Waals surface area contributed by atoms with Gasteiger partial charge in [-0.25, -0.2) is 0 Å². The van der Waals surface area contributed by atoms with E-state index in [9.17, 15) is 4.79 Å². The summed E-state index contributed by atoms with van der Waals surface area (Å²) in [6.45, 7) is 5.28. The number of nitrogens with one attached hydrogen (secondary N) is 1. The lowest BCUT2D eigenvalue weighted by Crippen LogP contribution is -2.44. The van der Waals surface area contributed by atoms with Gasteiger partial charge in [0.2, 0.25) is 5.91 Å². The predicted molar refractivity (Wildman–Crippen MR) is 66.5 cm³/mol. The monoisotopic (exact) mass is 252 g/mol. The molecular formula is C11H16N4OS. The molecule has 0 radical (unpaired) electrons. The first-order valence-electron chi connectivity index (χ1n) is 5.61. The summed E-state index contributed by atoms with van der Waals surface area (Å²) in [6.07, 6.45) is 1.85. The summed E-state index contributed by atoms with van der Waals surface area (Å²) in [5.41, 5.74) is 2.66. The van der Waals surface area contributed by atoms with Crippen molar-refractivity contribution in [2.75, 3.05) is 13.6 Å². The number of hydrogen-bond donors (Lipinski definition) is 1. The Balaban J connectivity index is 2.11. The molecule has 1 aromatic rings. The highest BCUT2D eigenvalue weighted by molar-refractivity contribution is 7.09. The van der Waals surface area contributed by atoms with Gasteiger partial charge in [0.15, 0.2) is 0 Å². The van der Waals surface area contributed by atoms with Crippen LogP contribution in [0.1, 0.15) is 17.8 Å². The van der Waals surface area contributed by atoms with E-state index in [1.807, 2.05) is 4.90 Å². The summed E-state index contributed by atoms with van der Waals surface area (Å²) >= 11 is 1.48. The number of rotatable bonds is 3. The van der Waals surface area contributed by atoms with Crippen molar-refractivity contribution < 1.29 is 4.79 Å². The van der Waals surface area contributed by atoms with E-state index in [0.29, 0.717) is 6.54 Å². The average Bonchev–Trinajstić information content (AvgIpc) is 2.76. The number of aromatic nitrogens is 2. The van der Waals surface area contributed by atoms with Gasteiger partial charge < -0.3 is 10.2 Å². The summed E-state index contributed by atoms with van der Waals surface area (Å²) in [5.74, 6) is 0.0881. The van der Waals surface area contributed by atoms with Crippen LogP contribution in [0, 0.1) is 0 Å². The first-order valence-corrected chi connectivity index (χ1v) is 6.49. The minimum Gasteiger partial charge on any atom is -0.334 e. The van der Waals surface area contributed by atoms with Gasteiger partial charge in [-0.15, -0.1) is 21.5 Å². The molecule has 1 N–H and O–H groups in total. The van der Waals surface area contributed by atoms with Gasteiger partial charge in [-0.3, -0.25) is 4.79 Å². The smallest absolute Gasteiger partial charge is 0.244 e. The second-order valence-electron chi connectivity index (χ2n) is 4.08. The Hall–Kier alpha value is -1.27. The van der Waals surface area contributed by atoms with E-state index in [-0.39, 0.29) is 11.9 Å². The van der Waals surface area contributed by atoms with Crippen LogP contribution < -0.4 is 5.32 Å². The van der Waals surface area contributed by atoms with Crippen LogP contribution in [-0.4, -0.2) is 40.6 Å². The molecule has 0 saturated carbocycles. The Morgan fingerprint density at radius 3 is 3.18 bits per heavy atom. The molecule has 2 heterocycles. The van der Waals surface area contributed by atoms with Crippen molar-refractivity contribution in [2.24, 2.45) is 0 Å². The minimum atomic E-state index is -0.259. The number of likely N-dealkylation sites (tertiary alicyclic amines) is 1. The maximum absolute atomic E-state index is 12.3. The standard InChI is InChI=1S/C11H16N4OS/c1-8-4-3-5-15(11(16)10(8)12-2)6-9-14-13-7-17-9/h7,10,12H,1,3-6H2,2H3. The Morgan fingerprint density at radius 2 is 2.53 bits per heavy atom. The van der Waals surface area contributed by atoms with Crippen LogP contribution in [0.15, 0.2) is 17.7 Å². The van der Waals surface area contributed by atoms with E-state index in [2.05, 4.69) is 22.1 Å². The number of carbonyl (C=O) groups excluding carboxylic acids is 1. The van der Waals surface area contributed by atoms with E-state index in [4.69, 9.17) is 0 Å². The van der Waals surface area contributed by atoms with E-state index >= 15 is 0 Å². The van der Waals surface area contributed by atoms with Crippen molar-refractivity contribution in [3.05, 3.63) is 22.7 Å². The molecule has 0 spiro atoms. The van der Waals surface area contributed by atoms with Gasteiger partial charge in [0.05, 0.1) is 6.54 Å². The molecule has 1 amide bonds. The fourth-order valence-electron chi connectivity index (χ4n) is 2.02. The first-order chi connectivity index (χ1) is 8.22. The van der Waals surface area contributed by atoms with Gasteiger partial charge in [-0.1, -0.05) is 12.2 Å². The van der Waals surface area contributed by atoms with E-state index in [1.54, 1.807) is 12.6 Å². The van der Waals surface area contributed by atoms with Crippen molar-refractivity contribution in [1.29, 1.82) is 0 Å². The molecule has 1 atom stereocenters. The van der Waals surface area contributed by atoms with Crippen LogP contribution >= 0.6 is 11.3 Å². The maximum Gasteiger partial charge on any atom is 0.244 e. The van der Waals surface area contributed by atoms with Gasteiger partial charge in [0.25, 0.3) is 0 Å². The average molecular weight is 252 g/mol. The third-order valence-electron chi connectivity index (χ3n) is 2.91. The third kappa shape index (κ3) is 2.70. The number of hydrogen-bond acceptors (Lipinski definition) is 5. The van der Waals surface area contributed by atoms with Crippen LogP contribution in [0.25, 0.3) is 0 Å². The molecule has 1 saturated heterocycles. The Morgan fingerprint density at radius 1 is 1.71 bits per heavy atom. The van der Waals surface area contributed by atoms with Crippen LogP contribution in [0.5, 0.6) is 0 Å². The van der Waals surface area contributed by atoms with Crippen LogP contribution in [0.4, 0.5) is 0 Å². The lowest BCUT2D eigenvalue weighted by molar-refractivity contribution is -0.132. The highest BCUT2D eigenvalue weighted by Crippen LogP contribution is 2.18. The molecule has 1 aliphatic rings. The van der Waals surface area contributed by atoms with Crippen molar-refractivity contribution in [2.45, 2.75) is 25.4 Å². The van der Waals surface area contributed by atoms with Gasteiger partial charge in [-0.05, 0) is 19.9 Å². The van der Waals surface area contributed by atoms with Gasteiger partial charge in [0, 0.05) is 6.54 Å². The molecule has 1 aliphatic heterocycles. The van der Waals surface area contributed by atoms with E-state index < -0.39 is 0 Å². The highest BCUT2D eigenvalue weighted by atomic mass is 32.1. The first kappa shape index (κ1) is 12.2. The zero-order valence-electron chi connectivity index (χ0n) is 9.85. The molecule has 2 rings (SSSR count). The Labute approximate surface area is 105 Å². The lowest BCUT2D eigenvalue weighted by Gasteiger charge is -2.23. The van der Waals surface area contributed by atoms with Gasteiger partial charge >= 0.3 is 0 Å². The van der Waals surface area contributed by atoms with Crippen LogP contribution in [0.2, 0.25) is 0 Å². The van der Waals surface area contributed by atoms with Gasteiger partial charge in [-0.2, -0.15) is 0 Å². The van der Waals surface area contributed by atoms with Gasteiger partial charge in [0.1, 0.15) is 16.6 Å². The number of likely N-dealkylation sites (N-methyl/N-ethyl adjacent to an activating group) is 1. The lowest BCUT2D eigenvalue weighted by atomic mass is 10.1. The molecular weight excluding hydrogens is 236 g/mol. The predicted octanol–water partition coefficient (Wildman–Crippen LogP) is 0.805. The molecule has 5 nitrogen and oxygen atoms in total. The van der Waals surface area contributed by atoms with E-state index in [1.165, 1.54) is 11.3 Å². The Kier molecular flexibility index (Phi) is 3.86. The van der Waals surface area contributed by atoms with Crippen molar-refractivity contribution in [3.8, 4) is 0 Å². The quantitative estimate of drug-likeness (QED) is 0.809. The molecule has 0 aromatic carbocycles. The summed E-state index contributed by atoms with van der Waals surface area (Å²) < 4.78 is 0. The maximum atomic E-state index is 12.3. The number of amides is 1. The highest BCUT2D eigenvalue weighted by Gasteiger charge is 2.28. The molecule has 6 heteroatoms. The largest absolute Gasteiger partial charge is 0.334 e. The van der Waals surface area contributed by atoms with Crippen molar-refractivity contribution in [1.82, 2.24) is 20.4 Å². The summed E-state index contributed by atoms with van der Waals surface area (Å²) in [4.78, 5) is 14.1.